The van der Waals surface area contributed by atoms with Crippen LogP contribution in [-0.4, -0.2) is 4.57 Å². The van der Waals surface area contributed by atoms with E-state index in [1.54, 1.807) is 0 Å². The molecule has 9 aromatic carbocycles. The van der Waals surface area contributed by atoms with Gasteiger partial charge in [-0.15, -0.1) is 0 Å². The molecule has 0 radical (unpaired) electrons. The molecule has 1 aromatic heterocycles. The van der Waals surface area contributed by atoms with Gasteiger partial charge in [0.05, 0.1) is 22.1 Å². The topological polar surface area (TPSA) is 26.6 Å². The Morgan fingerprint density at radius 2 is 0.949 bits per heavy atom. The SMILES string of the molecule is c1ccc(N(c2cccc(-n3c4ccccc4c4ccccc43)c2)c2cccc3c2Oc2c(ccc4c2-c2ccccc2C42c4ccccc4-c4ccccc42)O3)cc1. The Balaban J connectivity index is 1.01. The Kier molecular flexibility index (Phi) is 6.62. The normalized spacial score (nSPS) is 13.5. The summed E-state index contributed by atoms with van der Waals surface area (Å²) in [4.78, 5) is 2.28. The third-order valence-electron chi connectivity index (χ3n) is 12.6. The summed E-state index contributed by atoms with van der Waals surface area (Å²) >= 11 is 0. The summed E-state index contributed by atoms with van der Waals surface area (Å²) in [6.45, 7) is 0. The van der Waals surface area contributed by atoms with E-state index in [0.717, 1.165) is 39.6 Å². The summed E-state index contributed by atoms with van der Waals surface area (Å²) in [5, 5.41) is 2.46. The second-order valence-electron chi connectivity index (χ2n) is 15.6. The summed E-state index contributed by atoms with van der Waals surface area (Å²) in [5.74, 6) is 2.79. The number of para-hydroxylation sites is 4. The van der Waals surface area contributed by atoms with E-state index in [1.165, 1.54) is 55.2 Å². The van der Waals surface area contributed by atoms with E-state index >= 15 is 0 Å². The minimum atomic E-state index is -0.485. The highest BCUT2D eigenvalue weighted by atomic mass is 16.6. The van der Waals surface area contributed by atoms with Crippen LogP contribution in [0, 0.1) is 0 Å². The van der Waals surface area contributed by atoms with Gasteiger partial charge in [0.25, 0.3) is 0 Å². The van der Waals surface area contributed by atoms with E-state index in [2.05, 4.69) is 210 Å². The molecular weight excluding hydrogens is 721 g/mol. The minimum absolute atomic E-state index is 0.485. The number of aromatic nitrogens is 1. The molecule has 1 spiro atoms. The summed E-state index contributed by atoms with van der Waals surface area (Å²) in [6.07, 6.45) is 0. The molecule has 0 N–H and O–H groups in total. The first-order valence-corrected chi connectivity index (χ1v) is 20.2. The molecule has 1 aliphatic heterocycles. The zero-order chi connectivity index (χ0) is 38.7. The lowest BCUT2D eigenvalue weighted by atomic mass is 9.70. The third kappa shape index (κ3) is 4.32. The summed E-state index contributed by atoms with van der Waals surface area (Å²) in [6, 6.07) is 73.8. The zero-order valence-corrected chi connectivity index (χ0v) is 31.8. The monoisotopic (exact) mass is 754 g/mol. The molecule has 59 heavy (non-hydrogen) atoms. The maximum Gasteiger partial charge on any atom is 0.194 e. The lowest BCUT2D eigenvalue weighted by Crippen LogP contribution is -2.25. The highest BCUT2D eigenvalue weighted by Crippen LogP contribution is 2.66. The first-order chi connectivity index (χ1) is 29.3. The maximum atomic E-state index is 7.36. The summed E-state index contributed by atoms with van der Waals surface area (Å²) in [7, 11) is 0. The molecular formula is C55H34N2O2. The van der Waals surface area contributed by atoms with Crippen molar-refractivity contribution >= 4 is 38.9 Å². The van der Waals surface area contributed by atoms with Crippen molar-refractivity contribution in [1.82, 2.24) is 4.57 Å². The van der Waals surface area contributed by atoms with Crippen LogP contribution >= 0.6 is 0 Å². The number of nitrogens with zero attached hydrogens (tertiary/aromatic N) is 2. The molecule has 10 aromatic rings. The van der Waals surface area contributed by atoms with Crippen LogP contribution in [0.1, 0.15) is 22.3 Å². The number of rotatable bonds is 4. The van der Waals surface area contributed by atoms with Crippen LogP contribution in [-0.2, 0) is 5.41 Å². The number of benzene rings is 9. The fourth-order valence-electron chi connectivity index (χ4n) is 10.4. The highest BCUT2D eigenvalue weighted by Gasteiger charge is 2.53. The second kappa shape index (κ2) is 12.1. The van der Waals surface area contributed by atoms with Crippen LogP contribution in [0.25, 0.3) is 49.7 Å². The van der Waals surface area contributed by atoms with Crippen molar-refractivity contribution in [1.29, 1.82) is 0 Å². The number of hydrogen-bond acceptors (Lipinski definition) is 3. The Labute approximate surface area is 341 Å². The van der Waals surface area contributed by atoms with Crippen molar-refractivity contribution < 1.29 is 9.47 Å². The van der Waals surface area contributed by atoms with E-state index in [0.29, 0.717) is 17.2 Å². The maximum absolute atomic E-state index is 7.36. The molecule has 0 saturated heterocycles. The fraction of sp³-hybridized carbons (Fsp3) is 0.0182. The number of ether oxygens (including phenoxy) is 2. The van der Waals surface area contributed by atoms with Crippen LogP contribution in [0.5, 0.6) is 23.0 Å². The third-order valence-corrected chi connectivity index (χ3v) is 12.6. The van der Waals surface area contributed by atoms with Crippen LogP contribution in [0.15, 0.2) is 206 Å². The van der Waals surface area contributed by atoms with Crippen molar-refractivity contribution in [3.63, 3.8) is 0 Å². The highest BCUT2D eigenvalue weighted by molar-refractivity contribution is 6.09. The molecule has 0 saturated carbocycles. The molecule has 0 atom stereocenters. The first kappa shape index (κ1) is 32.3. The lowest BCUT2D eigenvalue weighted by molar-refractivity contribution is 0.361. The molecule has 3 aliphatic rings. The van der Waals surface area contributed by atoms with Gasteiger partial charge in [0.15, 0.2) is 23.0 Å². The Morgan fingerprint density at radius 1 is 0.390 bits per heavy atom. The molecule has 4 nitrogen and oxygen atoms in total. The van der Waals surface area contributed by atoms with Gasteiger partial charge in [0.1, 0.15) is 0 Å². The van der Waals surface area contributed by atoms with Gasteiger partial charge in [-0.1, -0.05) is 146 Å². The van der Waals surface area contributed by atoms with Gasteiger partial charge in [0.2, 0.25) is 0 Å². The van der Waals surface area contributed by atoms with Crippen LogP contribution in [0.3, 0.4) is 0 Å². The molecule has 0 bridgehead atoms. The largest absolute Gasteiger partial charge is 0.449 e. The zero-order valence-electron chi connectivity index (χ0n) is 31.8. The van der Waals surface area contributed by atoms with E-state index < -0.39 is 5.41 Å². The molecule has 0 amide bonds. The number of fused-ring (bicyclic) bond motifs is 16. The molecule has 0 fully saturated rings. The van der Waals surface area contributed by atoms with Crippen molar-refractivity contribution in [2.75, 3.05) is 4.90 Å². The van der Waals surface area contributed by atoms with Crippen molar-refractivity contribution in [3.8, 4) is 50.9 Å². The van der Waals surface area contributed by atoms with Gasteiger partial charge in [-0.3, -0.25) is 0 Å². The molecule has 4 heteroatoms. The van der Waals surface area contributed by atoms with Crippen LogP contribution < -0.4 is 14.4 Å². The smallest absolute Gasteiger partial charge is 0.194 e. The first-order valence-electron chi connectivity index (χ1n) is 20.2. The molecule has 2 heterocycles. The van der Waals surface area contributed by atoms with Gasteiger partial charge in [-0.25, -0.2) is 0 Å². The van der Waals surface area contributed by atoms with Crippen LogP contribution in [0.2, 0.25) is 0 Å². The quantitative estimate of drug-likeness (QED) is 0.179. The Hall–Kier alpha value is -7.82. The Bertz CT molecular complexity index is 3260. The average molecular weight is 755 g/mol. The average Bonchev–Trinajstić information content (AvgIpc) is 3.91. The fourth-order valence-corrected chi connectivity index (χ4v) is 10.4. The van der Waals surface area contributed by atoms with Crippen molar-refractivity contribution in [2.24, 2.45) is 0 Å². The van der Waals surface area contributed by atoms with Gasteiger partial charge in [-0.05, 0) is 99.6 Å². The number of anilines is 3. The van der Waals surface area contributed by atoms with E-state index in [1.807, 2.05) is 6.07 Å². The van der Waals surface area contributed by atoms with Crippen LogP contribution in [0.4, 0.5) is 17.1 Å². The van der Waals surface area contributed by atoms with Gasteiger partial charge < -0.3 is 18.9 Å². The summed E-state index contributed by atoms with van der Waals surface area (Å²) in [5.41, 5.74) is 15.7. The second-order valence-corrected chi connectivity index (χ2v) is 15.6. The summed E-state index contributed by atoms with van der Waals surface area (Å²) < 4.78 is 16.6. The van der Waals surface area contributed by atoms with Gasteiger partial charge in [0, 0.05) is 33.4 Å². The predicted molar refractivity (Wildman–Crippen MR) is 238 cm³/mol. The molecule has 276 valence electrons. The lowest BCUT2D eigenvalue weighted by Gasteiger charge is -2.32. The Morgan fingerprint density at radius 3 is 1.66 bits per heavy atom. The molecule has 2 aliphatic carbocycles. The van der Waals surface area contributed by atoms with Gasteiger partial charge >= 0.3 is 0 Å². The van der Waals surface area contributed by atoms with E-state index in [9.17, 15) is 0 Å². The standard InChI is InChI=1S/C55H34N2O2/c1-2-16-35(17-3-1)56(36-18-14-19-37(34-36)57-47-28-12-7-22-40(47)41-23-8-13-29-48(41)57)49-30-15-31-50-53(49)59-54-51(58-50)33-32-46-52(54)42-24-6-11-27-45(42)55(46)43-25-9-4-20-38(43)39-21-5-10-26-44(39)55/h1-34H. The molecule has 13 rings (SSSR count). The predicted octanol–water partition coefficient (Wildman–Crippen LogP) is 14.5. The minimum Gasteiger partial charge on any atom is -0.449 e. The van der Waals surface area contributed by atoms with Crippen molar-refractivity contribution in [3.05, 3.63) is 229 Å². The van der Waals surface area contributed by atoms with E-state index in [-0.39, 0.29) is 0 Å². The number of hydrogen-bond donors (Lipinski definition) is 0. The van der Waals surface area contributed by atoms with Crippen molar-refractivity contribution in [2.45, 2.75) is 5.41 Å². The molecule has 0 unspecified atom stereocenters. The van der Waals surface area contributed by atoms with E-state index in [4.69, 9.17) is 9.47 Å². The van der Waals surface area contributed by atoms with Gasteiger partial charge in [-0.2, -0.15) is 0 Å².